The summed E-state index contributed by atoms with van der Waals surface area (Å²) in [6.45, 7) is 0.816. The Morgan fingerprint density at radius 3 is 2.62 bits per heavy atom. The van der Waals surface area contributed by atoms with Crippen LogP contribution in [0.15, 0.2) is 24.3 Å². The quantitative estimate of drug-likeness (QED) is 0.548. The Morgan fingerprint density at radius 2 is 1.92 bits per heavy atom. The van der Waals surface area contributed by atoms with E-state index < -0.39 is 0 Å². The van der Waals surface area contributed by atoms with E-state index >= 15 is 0 Å². The first-order valence-corrected chi connectivity index (χ1v) is 5.70. The molecule has 0 aliphatic rings. The van der Waals surface area contributed by atoms with E-state index in [9.17, 15) is 0 Å². The molecule has 2 heteroatoms. The fraction of sp³-hybridized carbons (Fsp3) is 0.455. The fourth-order valence-corrected chi connectivity index (χ4v) is 1.43. The van der Waals surface area contributed by atoms with Crippen molar-refractivity contribution in [1.82, 2.24) is 0 Å². The summed E-state index contributed by atoms with van der Waals surface area (Å²) < 4.78 is 5.52. The minimum absolute atomic E-state index is 0.816. The van der Waals surface area contributed by atoms with E-state index in [1.165, 1.54) is 12.8 Å². The zero-order valence-corrected chi connectivity index (χ0v) is 9.22. The average Bonchev–Trinajstić information content (AvgIpc) is 2.19. The van der Waals surface area contributed by atoms with Gasteiger partial charge in [-0.1, -0.05) is 28.1 Å². The van der Waals surface area contributed by atoms with Crippen LogP contribution < -0.4 is 4.74 Å². The molecular weight excluding hydrogens is 228 g/mol. The summed E-state index contributed by atoms with van der Waals surface area (Å²) in [5.74, 6) is 0.942. The van der Waals surface area contributed by atoms with Crippen molar-refractivity contribution >= 4 is 15.9 Å². The first-order valence-electron chi connectivity index (χ1n) is 4.58. The molecule has 0 heterocycles. The Hall–Kier alpha value is -0.500. The molecule has 0 spiro atoms. The highest BCUT2D eigenvalue weighted by atomic mass is 79.9. The number of halogens is 1. The number of rotatable bonds is 6. The monoisotopic (exact) mass is 241 g/mol. The highest BCUT2D eigenvalue weighted by molar-refractivity contribution is 9.09. The van der Waals surface area contributed by atoms with Crippen LogP contribution in [0.3, 0.4) is 0 Å². The van der Waals surface area contributed by atoms with Crippen molar-refractivity contribution in [3.8, 4) is 5.75 Å². The van der Waals surface area contributed by atoms with E-state index in [0.717, 1.165) is 24.1 Å². The Balaban J connectivity index is 2.07. The summed E-state index contributed by atoms with van der Waals surface area (Å²) in [5.41, 5.74) is 0. The van der Waals surface area contributed by atoms with Crippen LogP contribution in [-0.4, -0.2) is 11.9 Å². The minimum Gasteiger partial charge on any atom is -0.494 e. The van der Waals surface area contributed by atoms with Gasteiger partial charge in [-0.25, -0.2) is 0 Å². The first kappa shape index (κ1) is 10.6. The van der Waals surface area contributed by atoms with Gasteiger partial charge in [-0.05, 0) is 37.5 Å². The lowest BCUT2D eigenvalue weighted by Gasteiger charge is -2.04. The lowest BCUT2D eigenvalue weighted by molar-refractivity contribution is 0.306. The Labute approximate surface area is 88.2 Å². The second-order valence-corrected chi connectivity index (χ2v) is 3.63. The number of hydrogen-bond donors (Lipinski definition) is 0. The largest absolute Gasteiger partial charge is 0.494 e. The predicted molar refractivity (Wildman–Crippen MR) is 58.4 cm³/mol. The van der Waals surface area contributed by atoms with Crippen LogP contribution in [-0.2, 0) is 0 Å². The predicted octanol–water partition coefficient (Wildman–Crippen LogP) is 3.43. The standard InChI is InChI=1S/C11H14BrO/c12-9-5-2-6-10-13-11-7-3-1-4-8-11/h3-4,7-8H,2,5-6,9-10H2. The summed E-state index contributed by atoms with van der Waals surface area (Å²) in [4.78, 5) is 0. The van der Waals surface area contributed by atoms with Crippen LogP contribution in [0.4, 0.5) is 0 Å². The molecule has 71 valence electrons. The molecule has 0 saturated heterocycles. The maximum atomic E-state index is 5.52. The van der Waals surface area contributed by atoms with Gasteiger partial charge in [0.15, 0.2) is 0 Å². The van der Waals surface area contributed by atoms with Gasteiger partial charge in [0.2, 0.25) is 0 Å². The summed E-state index contributed by atoms with van der Waals surface area (Å²) >= 11 is 3.40. The van der Waals surface area contributed by atoms with Gasteiger partial charge in [0.05, 0.1) is 6.61 Å². The van der Waals surface area contributed by atoms with Gasteiger partial charge in [0.1, 0.15) is 5.75 Å². The van der Waals surface area contributed by atoms with Gasteiger partial charge in [-0.15, -0.1) is 0 Å². The Kier molecular flexibility index (Phi) is 5.66. The maximum Gasteiger partial charge on any atom is 0.119 e. The normalized spacial score (nSPS) is 9.92. The molecule has 0 unspecified atom stereocenters. The summed E-state index contributed by atoms with van der Waals surface area (Å²) in [6.07, 6.45) is 3.58. The average molecular weight is 242 g/mol. The van der Waals surface area contributed by atoms with Crippen LogP contribution in [0.5, 0.6) is 5.75 Å². The van der Waals surface area contributed by atoms with E-state index in [-0.39, 0.29) is 0 Å². The number of alkyl halides is 1. The molecular formula is C11H14BrO. The van der Waals surface area contributed by atoms with Gasteiger partial charge in [-0.2, -0.15) is 0 Å². The molecule has 0 fully saturated rings. The number of unbranched alkanes of at least 4 members (excludes halogenated alkanes) is 2. The fourth-order valence-electron chi connectivity index (χ4n) is 1.03. The van der Waals surface area contributed by atoms with Gasteiger partial charge < -0.3 is 4.74 Å². The third-order valence-electron chi connectivity index (χ3n) is 1.73. The lowest BCUT2D eigenvalue weighted by Crippen LogP contribution is -1.96. The van der Waals surface area contributed by atoms with Gasteiger partial charge in [0.25, 0.3) is 0 Å². The maximum absolute atomic E-state index is 5.52. The third-order valence-corrected chi connectivity index (χ3v) is 2.30. The van der Waals surface area contributed by atoms with Crippen molar-refractivity contribution in [2.45, 2.75) is 19.3 Å². The topological polar surface area (TPSA) is 9.23 Å². The molecule has 0 bridgehead atoms. The summed E-state index contributed by atoms with van der Waals surface area (Å²) in [7, 11) is 0. The molecule has 13 heavy (non-hydrogen) atoms. The third kappa shape index (κ3) is 4.94. The summed E-state index contributed by atoms with van der Waals surface area (Å²) in [6, 6.07) is 10.6. The SMILES string of the molecule is BrCCCCCOc1cc[c]cc1. The van der Waals surface area contributed by atoms with E-state index in [2.05, 4.69) is 22.0 Å². The number of hydrogen-bond acceptors (Lipinski definition) is 1. The molecule has 0 aromatic heterocycles. The highest BCUT2D eigenvalue weighted by Crippen LogP contribution is 2.09. The van der Waals surface area contributed by atoms with Crippen molar-refractivity contribution in [3.63, 3.8) is 0 Å². The van der Waals surface area contributed by atoms with Gasteiger partial charge in [-0.3, -0.25) is 0 Å². The Morgan fingerprint density at radius 1 is 1.15 bits per heavy atom. The molecule has 1 aromatic carbocycles. The van der Waals surface area contributed by atoms with E-state index in [4.69, 9.17) is 4.74 Å². The van der Waals surface area contributed by atoms with E-state index in [1.807, 2.05) is 24.3 Å². The molecule has 1 nitrogen and oxygen atoms in total. The Bertz CT molecular complexity index is 211. The minimum atomic E-state index is 0.816. The molecule has 0 atom stereocenters. The van der Waals surface area contributed by atoms with E-state index in [0.29, 0.717) is 0 Å². The van der Waals surface area contributed by atoms with Crippen molar-refractivity contribution < 1.29 is 4.74 Å². The van der Waals surface area contributed by atoms with Crippen molar-refractivity contribution in [3.05, 3.63) is 30.3 Å². The van der Waals surface area contributed by atoms with E-state index in [1.54, 1.807) is 0 Å². The van der Waals surface area contributed by atoms with Crippen LogP contribution in [0.25, 0.3) is 0 Å². The smallest absolute Gasteiger partial charge is 0.119 e. The molecule has 1 aromatic rings. The molecule has 0 aliphatic heterocycles. The van der Waals surface area contributed by atoms with Gasteiger partial charge >= 0.3 is 0 Å². The van der Waals surface area contributed by atoms with Crippen LogP contribution in [0.2, 0.25) is 0 Å². The second kappa shape index (κ2) is 6.96. The van der Waals surface area contributed by atoms with Gasteiger partial charge in [0, 0.05) is 5.33 Å². The number of ether oxygens (including phenoxy) is 1. The number of benzene rings is 1. The molecule has 0 amide bonds. The van der Waals surface area contributed by atoms with Crippen LogP contribution in [0.1, 0.15) is 19.3 Å². The molecule has 1 rings (SSSR count). The molecule has 0 aliphatic carbocycles. The zero-order chi connectivity index (χ0) is 9.36. The lowest BCUT2D eigenvalue weighted by atomic mass is 10.3. The second-order valence-electron chi connectivity index (χ2n) is 2.83. The van der Waals surface area contributed by atoms with Crippen molar-refractivity contribution in [2.24, 2.45) is 0 Å². The molecule has 0 saturated carbocycles. The highest BCUT2D eigenvalue weighted by Gasteiger charge is 1.91. The van der Waals surface area contributed by atoms with Crippen molar-refractivity contribution in [2.75, 3.05) is 11.9 Å². The van der Waals surface area contributed by atoms with Crippen molar-refractivity contribution in [1.29, 1.82) is 0 Å². The van der Waals surface area contributed by atoms with Crippen LogP contribution >= 0.6 is 15.9 Å². The van der Waals surface area contributed by atoms with Crippen LogP contribution in [0, 0.1) is 6.07 Å². The first-order chi connectivity index (χ1) is 6.43. The molecule has 1 radical (unpaired) electrons. The summed E-state index contributed by atoms with van der Waals surface area (Å²) in [5, 5.41) is 1.09. The molecule has 0 N–H and O–H groups in total. The zero-order valence-electron chi connectivity index (χ0n) is 7.63.